The Morgan fingerprint density at radius 3 is 3.16 bits per heavy atom. The third-order valence-corrected chi connectivity index (χ3v) is 3.92. The first-order chi connectivity index (χ1) is 9.19. The van der Waals surface area contributed by atoms with Crippen LogP contribution in [0.3, 0.4) is 0 Å². The van der Waals surface area contributed by atoms with Gasteiger partial charge in [0, 0.05) is 25.9 Å². The second-order valence-electron chi connectivity index (χ2n) is 5.58. The minimum absolute atomic E-state index is 0.489. The predicted octanol–water partition coefficient (Wildman–Crippen LogP) is 1.67. The molecule has 0 saturated carbocycles. The SMILES string of the molecule is COCCn1cc(NC(C)C2CCCN(C)C2)cn1. The van der Waals surface area contributed by atoms with Crippen molar-refractivity contribution in [2.45, 2.75) is 32.4 Å². The Bertz CT molecular complexity index is 379. The first-order valence-electron chi connectivity index (χ1n) is 7.15. The maximum absolute atomic E-state index is 5.06. The van der Waals surface area contributed by atoms with E-state index in [9.17, 15) is 0 Å². The topological polar surface area (TPSA) is 42.3 Å². The van der Waals surface area contributed by atoms with Gasteiger partial charge in [-0.2, -0.15) is 5.10 Å². The van der Waals surface area contributed by atoms with E-state index in [0.717, 1.165) is 18.2 Å². The second-order valence-corrected chi connectivity index (χ2v) is 5.58. The van der Waals surface area contributed by atoms with E-state index in [1.807, 2.05) is 10.9 Å². The molecule has 1 aromatic heterocycles. The summed E-state index contributed by atoms with van der Waals surface area (Å²) in [5, 5.41) is 7.91. The Hall–Kier alpha value is -1.07. The average Bonchev–Trinajstić information content (AvgIpc) is 2.84. The third kappa shape index (κ3) is 4.21. The molecule has 1 aromatic rings. The van der Waals surface area contributed by atoms with Gasteiger partial charge in [-0.1, -0.05) is 0 Å². The molecule has 2 heterocycles. The number of nitrogens with zero attached hydrogens (tertiary/aromatic N) is 3. The van der Waals surface area contributed by atoms with Crippen molar-refractivity contribution in [1.82, 2.24) is 14.7 Å². The monoisotopic (exact) mass is 266 g/mol. The fourth-order valence-electron chi connectivity index (χ4n) is 2.74. The van der Waals surface area contributed by atoms with Crippen molar-refractivity contribution in [3.8, 4) is 0 Å². The highest BCUT2D eigenvalue weighted by atomic mass is 16.5. The van der Waals surface area contributed by atoms with Crippen molar-refractivity contribution in [2.24, 2.45) is 5.92 Å². The van der Waals surface area contributed by atoms with Gasteiger partial charge in [0.2, 0.25) is 0 Å². The van der Waals surface area contributed by atoms with Crippen LogP contribution >= 0.6 is 0 Å². The quantitative estimate of drug-likeness (QED) is 0.850. The summed E-state index contributed by atoms with van der Waals surface area (Å²) in [4.78, 5) is 2.42. The smallest absolute Gasteiger partial charge is 0.0728 e. The molecule has 1 aliphatic rings. The summed E-state index contributed by atoms with van der Waals surface area (Å²) in [5.41, 5.74) is 1.11. The van der Waals surface area contributed by atoms with E-state index in [1.165, 1.54) is 25.9 Å². The van der Waals surface area contributed by atoms with Crippen molar-refractivity contribution >= 4 is 5.69 Å². The van der Waals surface area contributed by atoms with Crippen LogP contribution in [0.5, 0.6) is 0 Å². The number of likely N-dealkylation sites (tertiary alicyclic amines) is 1. The van der Waals surface area contributed by atoms with E-state index >= 15 is 0 Å². The van der Waals surface area contributed by atoms with Crippen molar-refractivity contribution in [2.75, 3.05) is 39.2 Å². The zero-order chi connectivity index (χ0) is 13.7. The number of nitrogens with one attached hydrogen (secondary N) is 1. The fourth-order valence-corrected chi connectivity index (χ4v) is 2.74. The summed E-state index contributed by atoms with van der Waals surface area (Å²) in [6.45, 7) is 6.20. The number of ether oxygens (including phenoxy) is 1. The van der Waals surface area contributed by atoms with Crippen molar-refractivity contribution in [1.29, 1.82) is 0 Å². The van der Waals surface area contributed by atoms with Crippen molar-refractivity contribution in [3.63, 3.8) is 0 Å². The number of piperidine rings is 1. The average molecular weight is 266 g/mol. The Balaban J connectivity index is 1.84. The molecule has 1 aliphatic heterocycles. The molecule has 1 N–H and O–H groups in total. The summed E-state index contributed by atoms with van der Waals surface area (Å²) in [5.74, 6) is 0.723. The highest BCUT2D eigenvalue weighted by Gasteiger charge is 2.22. The van der Waals surface area contributed by atoms with Gasteiger partial charge in [0.25, 0.3) is 0 Å². The molecular formula is C14H26N4O. The highest BCUT2D eigenvalue weighted by Crippen LogP contribution is 2.21. The molecule has 108 valence electrons. The minimum Gasteiger partial charge on any atom is -0.383 e. The fraction of sp³-hybridized carbons (Fsp3) is 0.786. The normalized spacial score (nSPS) is 22.4. The van der Waals surface area contributed by atoms with Crippen LogP contribution in [0, 0.1) is 5.92 Å². The number of methoxy groups -OCH3 is 1. The maximum Gasteiger partial charge on any atom is 0.0728 e. The van der Waals surface area contributed by atoms with Crippen molar-refractivity contribution < 1.29 is 4.74 Å². The van der Waals surface area contributed by atoms with E-state index in [4.69, 9.17) is 4.74 Å². The number of anilines is 1. The van der Waals surface area contributed by atoms with Crippen LogP contribution in [0.4, 0.5) is 5.69 Å². The van der Waals surface area contributed by atoms with Crippen molar-refractivity contribution in [3.05, 3.63) is 12.4 Å². The molecule has 19 heavy (non-hydrogen) atoms. The van der Waals surface area contributed by atoms with Gasteiger partial charge in [0.05, 0.1) is 25.0 Å². The van der Waals surface area contributed by atoms with E-state index < -0.39 is 0 Å². The largest absolute Gasteiger partial charge is 0.383 e. The molecule has 1 fully saturated rings. The minimum atomic E-state index is 0.489. The summed E-state index contributed by atoms with van der Waals surface area (Å²) >= 11 is 0. The highest BCUT2D eigenvalue weighted by molar-refractivity contribution is 5.39. The molecule has 0 bridgehead atoms. The Morgan fingerprint density at radius 1 is 1.58 bits per heavy atom. The lowest BCUT2D eigenvalue weighted by Crippen LogP contribution is -2.39. The molecule has 2 atom stereocenters. The zero-order valence-electron chi connectivity index (χ0n) is 12.3. The van der Waals surface area contributed by atoms with Gasteiger partial charge in [-0.05, 0) is 39.3 Å². The molecule has 1 saturated heterocycles. The van der Waals surface area contributed by atoms with Crippen LogP contribution in [0.2, 0.25) is 0 Å². The first kappa shape index (κ1) is 14.3. The van der Waals surface area contributed by atoms with E-state index in [-0.39, 0.29) is 0 Å². The van der Waals surface area contributed by atoms with E-state index in [2.05, 4.69) is 35.5 Å². The lowest BCUT2D eigenvalue weighted by atomic mass is 9.92. The number of aromatic nitrogens is 2. The van der Waals surface area contributed by atoms with Crippen LogP contribution < -0.4 is 5.32 Å². The standard InChI is InChI=1S/C14H26N4O/c1-12(13-5-4-6-17(2)10-13)16-14-9-15-18(11-14)7-8-19-3/h9,11-13,16H,4-8,10H2,1-3H3. The lowest BCUT2D eigenvalue weighted by molar-refractivity contribution is 0.183. The molecule has 5 nitrogen and oxygen atoms in total. The zero-order valence-corrected chi connectivity index (χ0v) is 12.3. The molecule has 0 aromatic carbocycles. The molecule has 0 amide bonds. The van der Waals surface area contributed by atoms with Gasteiger partial charge in [-0.25, -0.2) is 0 Å². The van der Waals surface area contributed by atoms with E-state index in [0.29, 0.717) is 12.6 Å². The summed E-state index contributed by atoms with van der Waals surface area (Å²) in [7, 11) is 3.92. The van der Waals surface area contributed by atoms with Crippen LogP contribution in [0.25, 0.3) is 0 Å². The lowest BCUT2D eigenvalue weighted by Gasteiger charge is -2.34. The predicted molar refractivity (Wildman–Crippen MR) is 77.4 cm³/mol. The van der Waals surface area contributed by atoms with Crippen LogP contribution in [0.15, 0.2) is 12.4 Å². The summed E-state index contributed by atoms with van der Waals surface area (Å²) in [6.07, 6.45) is 6.58. The van der Waals surface area contributed by atoms with Gasteiger partial charge in [0.15, 0.2) is 0 Å². The van der Waals surface area contributed by atoms with Gasteiger partial charge in [-0.15, -0.1) is 0 Å². The molecule has 5 heteroatoms. The third-order valence-electron chi connectivity index (χ3n) is 3.92. The molecule has 2 unspecified atom stereocenters. The van der Waals surface area contributed by atoms with Gasteiger partial charge >= 0.3 is 0 Å². The van der Waals surface area contributed by atoms with Gasteiger partial charge in [-0.3, -0.25) is 4.68 Å². The van der Waals surface area contributed by atoms with Crippen LogP contribution in [-0.2, 0) is 11.3 Å². The second kappa shape index (κ2) is 6.91. The molecule has 0 spiro atoms. The Labute approximate surface area is 115 Å². The van der Waals surface area contributed by atoms with E-state index in [1.54, 1.807) is 7.11 Å². The summed E-state index contributed by atoms with van der Waals surface area (Å²) in [6, 6.07) is 0.489. The molecule has 2 rings (SSSR count). The molecular weight excluding hydrogens is 240 g/mol. The van der Waals surface area contributed by atoms with Gasteiger partial charge in [0.1, 0.15) is 0 Å². The van der Waals surface area contributed by atoms with Crippen LogP contribution in [0.1, 0.15) is 19.8 Å². The number of hydrogen-bond acceptors (Lipinski definition) is 4. The number of hydrogen-bond donors (Lipinski definition) is 1. The van der Waals surface area contributed by atoms with Crippen LogP contribution in [-0.4, -0.2) is 54.6 Å². The van der Waals surface area contributed by atoms with Gasteiger partial charge < -0.3 is 15.0 Å². The Morgan fingerprint density at radius 2 is 2.42 bits per heavy atom. The molecule has 0 radical (unpaired) electrons. The first-order valence-corrected chi connectivity index (χ1v) is 7.15. The maximum atomic E-state index is 5.06. The Kier molecular flexibility index (Phi) is 5.22. The number of rotatable bonds is 6. The molecule has 0 aliphatic carbocycles. The summed E-state index contributed by atoms with van der Waals surface area (Å²) < 4.78 is 6.98.